The fraction of sp³-hybridized carbons (Fsp3) is 0.316. The first-order chi connectivity index (χ1) is 10.8. The van der Waals surface area contributed by atoms with Gasteiger partial charge in [0.05, 0.1) is 12.1 Å². The van der Waals surface area contributed by atoms with E-state index in [1.165, 1.54) is 11.1 Å². The van der Waals surface area contributed by atoms with E-state index >= 15 is 0 Å². The Balaban J connectivity index is 1.70. The predicted octanol–water partition coefficient (Wildman–Crippen LogP) is 2.63. The van der Waals surface area contributed by atoms with Crippen LogP contribution in [0.2, 0.25) is 0 Å². The molecule has 0 aromatic heterocycles. The summed E-state index contributed by atoms with van der Waals surface area (Å²) in [5.74, 6) is -0.0737. The van der Waals surface area contributed by atoms with Gasteiger partial charge in [0.15, 0.2) is 0 Å². The van der Waals surface area contributed by atoms with Crippen molar-refractivity contribution in [3.05, 3.63) is 70.8 Å². The quantitative estimate of drug-likeness (QED) is 0.877. The van der Waals surface area contributed by atoms with Gasteiger partial charge in [0.1, 0.15) is 0 Å². The molecule has 2 aromatic rings. The standard InChI is InChI=1S/C19H19N2O/c22-19-16-10-4-2-7-14(16)12-17(21-19)18-15-9-3-1-6-13(15)8-5-11-20-18/h1-4,6-7,9-10,17-18,20H,5,8,11-12H2. The molecule has 2 aliphatic rings. The van der Waals surface area contributed by atoms with E-state index in [0.717, 1.165) is 36.9 Å². The van der Waals surface area contributed by atoms with Crippen molar-refractivity contribution in [2.24, 2.45) is 0 Å². The van der Waals surface area contributed by atoms with Crippen molar-refractivity contribution in [3.8, 4) is 0 Å². The zero-order valence-corrected chi connectivity index (χ0v) is 12.5. The number of carbonyl (C=O) groups excluding carboxylic acids is 1. The second-order valence-corrected chi connectivity index (χ2v) is 6.10. The average Bonchev–Trinajstić information content (AvgIpc) is 2.77. The molecule has 2 unspecified atom stereocenters. The third-order valence-corrected chi connectivity index (χ3v) is 4.72. The van der Waals surface area contributed by atoms with Gasteiger partial charge in [-0.15, -0.1) is 0 Å². The SMILES string of the molecule is O=C1[N]C(C2NCCCc3ccccc32)Cc2ccccc21. The molecule has 3 heteroatoms. The van der Waals surface area contributed by atoms with E-state index in [9.17, 15) is 4.79 Å². The van der Waals surface area contributed by atoms with Crippen molar-refractivity contribution in [1.82, 2.24) is 10.6 Å². The molecule has 0 saturated carbocycles. The van der Waals surface area contributed by atoms with E-state index in [0.29, 0.717) is 0 Å². The third kappa shape index (κ3) is 2.32. The zero-order chi connectivity index (χ0) is 14.9. The molecule has 1 radical (unpaired) electrons. The number of amides is 1. The minimum atomic E-state index is -0.0737. The van der Waals surface area contributed by atoms with E-state index in [1.54, 1.807) is 0 Å². The summed E-state index contributed by atoms with van der Waals surface area (Å²) in [6, 6.07) is 16.5. The van der Waals surface area contributed by atoms with Crippen LogP contribution < -0.4 is 10.6 Å². The number of hydrogen-bond donors (Lipinski definition) is 1. The van der Waals surface area contributed by atoms with Gasteiger partial charge in [-0.3, -0.25) is 4.79 Å². The van der Waals surface area contributed by atoms with Gasteiger partial charge in [-0.05, 0) is 48.6 Å². The summed E-state index contributed by atoms with van der Waals surface area (Å²) in [5.41, 5.74) is 4.58. The molecule has 0 fully saturated rings. The van der Waals surface area contributed by atoms with E-state index in [-0.39, 0.29) is 18.0 Å². The number of hydrogen-bond acceptors (Lipinski definition) is 2. The Labute approximate surface area is 130 Å². The van der Waals surface area contributed by atoms with Crippen LogP contribution in [0, 0.1) is 0 Å². The average molecular weight is 291 g/mol. The van der Waals surface area contributed by atoms with Crippen molar-refractivity contribution in [1.29, 1.82) is 0 Å². The maximum Gasteiger partial charge on any atom is 0.273 e. The minimum absolute atomic E-state index is 0.0124. The summed E-state index contributed by atoms with van der Waals surface area (Å²) in [4.78, 5) is 12.3. The summed E-state index contributed by atoms with van der Waals surface area (Å²) in [5, 5.41) is 8.10. The summed E-state index contributed by atoms with van der Waals surface area (Å²) in [7, 11) is 0. The van der Waals surface area contributed by atoms with Gasteiger partial charge in [-0.2, -0.15) is 0 Å². The van der Waals surface area contributed by atoms with Crippen LogP contribution >= 0.6 is 0 Å². The molecule has 1 N–H and O–H groups in total. The van der Waals surface area contributed by atoms with Gasteiger partial charge < -0.3 is 5.32 Å². The maximum absolute atomic E-state index is 12.3. The number of nitrogens with one attached hydrogen (secondary N) is 1. The molecular weight excluding hydrogens is 272 g/mol. The fourth-order valence-corrected chi connectivity index (χ4v) is 3.65. The molecule has 2 aliphatic heterocycles. The third-order valence-electron chi connectivity index (χ3n) is 4.72. The summed E-state index contributed by atoms with van der Waals surface area (Å²) in [6.07, 6.45) is 3.05. The van der Waals surface area contributed by atoms with Crippen LogP contribution in [0.1, 0.15) is 39.5 Å². The van der Waals surface area contributed by atoms with Crippen molar-refractivity contribution in [2.75, 3.05) is 6.54 Å². The van der Waals surface area contributed by atoms with Gasteiger partial charge >= 0.3 is 0 Å². The first-order valence-electron chi connectivity index (χ1n) is 7.97. The molecule has 4 rings (SSSR count). The van der Waals surface area contributed by atoms with E-state index < -0.39 is 0 Å². The highest BCUT2D eigenvalue weighted by Crippen LogP contribution is 2.30. The van der Waals surface area contributed by atoms with Crippen LogP contribution in [0.5, 0.6) is 0 Å². The summed E-state index contributed by atoms with van der Waals surface area (Å²) in [6.45, 7) is 0.973. The lowest BCUT2D eigenvalue weighted by Crippen LogP contribution is -2.44. The Bertz CT molecular complexity index is 710. The lowest BCUT2D eigenvalue weighted by molar-refractivity contribution is 0.0907. The molecule has 0 spiro atoms. The first kappa shape index (κ1) is 13.5. The number of benzene rings is 2. The molecule has 1 amide bonds. The smallest absolute Gasteiger partial charge is 0.273 e. The van der Waals surface area contributed by atoms with Crippen LogP contribution in [0.3, 0.4) is 0 Å². The van der Waals surface area contributed by atoms with Gasteiger partial charge in [-0.25, -0.2) is 5.32 Å². The highest BCUT2D eigenvalue weighted by molar-refractivity contribution is 5.96. The molecule has 22 heavy (non-hydrogen) atoms. The van der Waals surface area contributed by atoms with Crippen molar-refractivity contribution >= 4 is 5.91 Å². The molecule has 2 heterocycles. The van der Waals surface area contributed by atoms with Gasteiger partial charge in [0.25, 0.3) is 5.91 Å². The topological polar surface area (TPSA) is 43.2 Å². The van der Waals surface area contributed by atoms with E-state index in [4.69, 9.17) is 0 Å². The zero-order valence-electron chi connectivity index (χ0n) is 12.5. The molecule has 3 nitrogen and oxygen atoms in total. The predicted molar refractivity (Wildman–Crippen MR) is 85.9 cm³/mol. The molecule has 0 aliphatic carbocycles. The van der Waals surface area contributed by atoms with E-state index in [1.807, 2.05) is 18.2 Å². The number of rotatable bonds is 1. The second-order valence-electron chi connectivity index (χ2n) is 6.10. The fourth-order valence-electron chi connectivity index (χ4n) is 3.65. The maximum atomic E-state index is 12.3. The summed E-state index contributed by atoms with van der Waals surface area (Å²) < 4.78 is 0. The van der Waals surface area contributed by atoms with E-state index in [2.05, 4.69) is 41.0 Å². The Kier molecular flexibility index (Phi) is 3.43. The molecule has 0 saturated heterocycles. The van der Waals surface area contributed by atoms with Gasteiger partial charge in [0, 0.05) is 5.56 Å². The van der Waals surface area contributed by atoms with Crippen molar-refractivity contribution in [2.45, 2.75) is 31.3 Å². The first-order valence-corrected chi connectivity index (χ1v) is 7.97. The Hall–Kier alpha value is -2.13. The normalized spacial score (nSPS) is 23.9. The Morgan fingerprint density at radius 3 is 2.68 bits per heavy atom. The molecule has 2 aromatic carbocycles. The van der Waals surface area contributed by atoms with Crippen LogP contribution in [0.4, 0.5) is 0 Å². The monoisotopic (exact) mass is 291 g/mol. The largest absolute Gasteiger partial charge is 0.308 e. The lowest BCUT2D eigenvalue weighted by atomic mass is 9.87. The Morgan fingerprint density at radius 1 is 1.00 bits per heavy atom. The minimum Gasteiger partial charge on any atom is -0.308 e. The lowest BCUT2D eigenvalue weighted by Gasteiger charge is -2.31. The number of aryl methyl sites for hydroxylation is 1. The summed E-state index contributed by atoms with van der Waals surface area (Å²) >= 11 is 0. The highest BCUT2D eigenvalue weighted by Gasteiger charge is 2.33. The molecule has 2 atom stereocenters. The number of fused-ring (bicyclic) bond motifs is 2. The Morgan fingerprint density at radius 2 is 1.77 bits per heavy atom. The van der Waals surface area contributed by atoms with Gasteiger partial charge in [0.2, 0.25) is 0 Å². The van der Waals surface area contributed by atoms with Crippen LogP contribution in [-0.2, 0) is 12.8 Å². The van der Waals surface area contributed by atoms with Crippen LogP contribution in [0.15, 0.2) is 48.5 Å². The van der Waals surface area contributed by atoms with Crippen molar-refractivity contribution < 1.29 is 4.79 Å². The number of carbonyl (C=O) groups is 1. The van der Waals surface area contributed by atoms with Crippen LogP contribution in [0.25, 0.3) is 0 Å². The van der Waals surface area contributed by atoms with Crippen molar-refractivity contribution in [3.63, 3.8) is 0 Å². The highest BCUT2D eigenvalue weighted by atomic mass is 16.1. The van der Waals surface area contributed by atoms with Gasteiger partial charge in [-0.1, -0.05) is 42.5 Å². The van der Waals surface area contributed by atoms with Crippen LogP contribution in [-0.4, -0.2) is 18.5 Å². The second kappa shape index (κ2) is 5.58. The molecule has 111 valence electrons. The molecule has 0 bridgehead atoms. The molecular formula is C19H19N2O. The number of nitrogens with zero attached hydrogens (tertiary/aromatic N) is 1.